The van der Waals surface area contributed by atoms with Gasteiger partial charge >= 0.3 is 5.69 Å². The van der Waals surface area contributed by atoms with Gasteiger partial charge in [0.05, 0.1) is 12.3 Å². The van der Waals surface area contributed by atoms with Crippen molar-refractivity contribution in [2.75, 3.05) is 5.43 Å². The Balaban J connectivity index is 2.41. The van der Waals surface area contributed by atoms with E-state index in [-0.39, 0.29) is 0 Å². The largest absolute Gasteiger partial charge is 0.388 e. The van der Waals surface area contributed by atoms with Crippen molar-refractivity contribution in [3.05, 3.63) is 22.5 Å². The zero-order valence-electron chi connectivity index (χ0n) is 9.45. The summed E-state index contributed by atoms with van der Waals surface area (Å²) in [5, 5.41) is 19.2. The Kier molecular flexibility index (Phi) is 3.30. The van der Waals surface area contributed by atoms with Gasteiger partial charge in [-0.25, -0.2) is 15.0 Å². The maximum absolute atomic E-state index is 13.4. The van der Waals surface area contributed by atoms with Crippen molar-refractivity contribution in [1.82, 2.24) is 9.55 Å². The Hall–Kier alpha value is -1.55. The Morgan fingerprint density at radius 3 is 2.72 bits per heavy atom. The fraction of sp³-hybridized carbons (Fsp3) is 0.556. The van der Waals surface area contributed by atoms with E-state index in [9.17, 15) is 19.4 Å². The molecule has 2 rings (SSSR count). The van der Waals surface area contributed by atoms with Gasteiger partial charge in [0.25, 0.3) is 0 Å². The molecule has 0 radical (unpaired) electrons. The summed E-state index contributed by atoms with van der Waals surface area (Å²) in [6.07, 6.45) is -3.54. The number of hydrazine groups is 1. The highest BCUT2D eigenvalue weighted by Crippen LogP contribution is 2.28. The molecule has 18 heavy (non-hydrogen) atoms. The van der Waals surface area contributed by atoms with Crippen LogP contribution in [0.3, 0.4) is 0 Å². The van der Waals surface area contributed by atoms with E-state index in [1.165, 1.54) is 6.92 Å². The second-order valence-electron chi connectivity index (χ2n) is 3.98. The minimum Gasteiger partial charge on any atom is -0.388 e. The van der Waals surface area contributed by atoms with Gasteiger partial charge in [-0.1, -0.05) is 0 Å². The Labute approximate surface area is 101 Å². The van der Waals surface area contributed by atoms with Crippen molar-refractivity contribution in [1.29, 1.82) is 0 Å². The quantitative estimate of drug-likeness (QED) is 0.369. The predicted octanol–water partition coefficient (Wildman–Crippen LogP) is -1.69. The van der Waals surface area contributed by atoms with Crippen LogP contribution in [0.15, 0.2) is 11.0 Å². The Morgan fingerprint density at radius 1 is 1.56 bits per heavy atom. The number of halogens is 1. The van der Waals surface area contributed by atoms with Crippen molar-refractivity contribution in [3.63, 3.8) is 0 Å². The number of ether oxygens (including phenoxy) is 1. The van der Waals surface area contributed by atoms with Gasteiger partial charge in [-0.05, 0) is 6.92 Å². The highest BCUT2D eigenvalue weighted by atomic mass is 19.1. The number of hydrogen-bond acceptors (Lipinski definition) is 7. The number of aliphatic hydroxyl groups excluding tert-OH is 2. The number of nitrogens with two attached hydrogens (primary N) is 1. The van der Waals surface area contributed by atoms with E-state index in [2.05, 4.69) is 4.98 Å². The fourth-order valence-corrected chi connectivity index (χ4v) is 1.79. The van der Waals surface area contributed by atoms with E-state index < -0.39 is 41.9 Å². The first-order chi connectivity index (χ1) is 8.45. The molecule has 4 atom stereocenters. The molecule has 0 spiro atoms. The average Bonchev–Trinajstić information content (AvgIpc) is 2.59. The lowest BCUT2D eigenvalue weighted by Gasteiger charge is -2.17. The van der Waals surface area contributed by atoms with Crippen molar-refractivity contribution >= 4 is 5.82 Å². The van der Waals surface area contributed by atoms with Gasteiger partial charge in [0.1, 0.15) is 12.2 Å². The molecule has 100 valence electrons. The van der Waals surface area contributed by atoms with Crippen LogP contribution in [0.1, 0.15) is 13.2 Å². The minimum atomic E-state index is -1.34. The fourth-order valence-electron chi connectivity index (χ4n) is 1.79. The molecule has 9 heteroatoms. The normalized spacial score (nSPS) is 31.6. The number of nitrogen functional groups attached to an aromatic ring is 1. The topological polar surface area (TPSA) is 123 Å². The zero-order chi connectivity index (χ0) is 13.4. The first kappa shape index (κ1) is 12.9. The summed E-state index contributed by atoms with van der Waals surface area (Å²) < 4.78 is 19.4. The molecule has 0 amide bonds. The molecule has 1 saturated heterocycles. The maximum atomic E-state index is 13.4. The van der Waals surface area contributed by atoms with Gasteiger partial charge in [0.15, 0.2) is 17.9 Å². The third-order valence-electron chi connectivity index (χ3n) is 2.79. The molecule has 1 fully saturated rings. The second kappa shape index (κ2) is 4.61. The molecule has 0 aromatic carbocycles. The van der Waals surface area contributed by atoms with Gasteiger partial charge in [-0.15, -0.1) is 0 Å². The predicted molar refractivity (Wildman–Crippen MR) is 57.9 cm³/mol. The number of aromatic nitrogens is 2. The first-order valence-corrected chi connectivity index (χ1v) is 5.22. The molecule has 0 saturated carbocycles. The summed E-state index contributed by atoms with van der Waals surface area (Å²) in [6.45, 7) is 1.53. The van der Waals surface area contributed by atoms with Gasteiger partial charge in [0.2, 0.25) is 0 Å². The van der Waals surface area contributed by atoms with E-state index in [0.29, 0.717) is 0 Å². The van der Waals surface area contributed by atoms with E-state index >= 15 is 0 Å². The van der Waals surface area contributed by atoms with Crippen molar-refractivity contribution in [2.24, 2.45) is 5.84 Å². The van der Waals surface area contributed by atoms with Crippen LogP contribution in [0.4, 0.5) is 10.2 Å². The molecule has 0 bridgehead atoms. The van der Waals surface area contributed by atoms with Crippen LogP contribution < -0.4 is 17.0 Å². The van der Waals surface area contributed by atoms with E-state index in [0.717, 1.165) is 10.8 Å². The number of nitrogens with one attached hydrogen (secondary N) is 1. The summed E-state index contributed by atoms with van der Waals surface area (Å²) >= 11 is 0. The van der Waals surface area contributed by atoms with Crippen LogP contribution in [0.5, 0.6) is 0 Å². The average molecular weight is 260 g/mol. The lowest BCUT2D eigenvalue weighted by atomic mass is 10.1. The SMILES string of the molecule is C[C@H]1O[C@@H](n2cc(F)c(NN)nc2=O)[C@H](O)[C@@H]1O. The smallest absolute Gasteiger partial charge is 0.351 e. The van der Waals surface area contributed by atoms with E-state index in [4.69, 9.17) is 10.6 Å². The Morgan fingerprint density at radius 2 is 2.22 bits per heavy atom. The molecule has 1 aromatic heterocycles. The zero-order valence-corrected chi connectivity index (χ0v) is 9.45. The summed E-state index contributed by atoms with van der Waals surface area (Å²) in [5.74, 6) is 3.69. The maximum Gasteiger partial charge on any atom is 0.351 e. The highest BCUT2D eigenvalue weighted by molar-refractivity contribution is 5.32. The number of aliphatic hydroxyl groups is 2. The third kappa shape index (κ3) is 1.97. The minimum absolute atomic E-state index is 0.405. The second-order valence-corrected chi connectivity index (χ2v) is 3.98. The number of hydrogen-bond donors (Lipinski definition) is 4. The molecule has 0 unspecified atom stereocenters. The molecule has 1 aliphatic rings. The van der Waals surface area contributed by atoms with Crippen LogP contribution in [-0.2, 0) is 4.74 Å². The number of nitrogens with zero attached hydrogens (tertiary/aromatic N) is 2. The molecule has 0 aliphatic carbocycles. The van der Waals surface area contributed by atoms with E-state index in [1.807, 2.05) is 5.43 Å². The highest BCUT2D eigenvalue weighted by Gasteiger charge is 2.42. The molecular formula is C9H13FN4O4. The van der Waals surface area contributed by atoms with Gasteiger partial charge in [-0.3, -0.25) is 4.57 Å². The van der Waals surface area contributed by atoms with Crippen LogP contribution in [0, 0.1) is 5.82 Å². The van der Waals surface area contributed by atoms with Crippen LogP contribution in [0.2, 0.25) is 0 Å². The number of rotatable bonds is 2. The van der Waals surface area contributed by atoms with Gasteiger partial charge in [0, 0.05) is 0 Å². The molecule has 5 N–H and O–H groups in total. The van der Waals surface area contributed by atoms with Crippen molar-refractivity contribution < 1.29 is 19.3 Å². The van der Waals surface area contributed by atoms with Crippen molar-refractivity contribution in [2.45, 2.75) is 31.5 Å². The number of anilines is 1. The summed E-state index contributed by atoms with van der Waals surface area (Å²) in [5.41, 5.74) is 1.08. The summed E-state index contributed by atoms with van der Waals surface area (Å²) in [7, 11) is 0. The van der Waals surface area contributed by atoms with Gasteiger partial charge < -0.3 is 20.4 Å². The standard InChI is InChI=1S/C9H13FN4O4/c1-3-5(15)6(16)8(18-3)14-2-4(10)7(13-11)12-9(14)17/h2-3,5-6,8,15-16H,11H2,1H3,(H,12,13,17)/t3-,5-,6-,8-/m1/s1. The molecule has 1 aromatic rings. The third-order valence-corrected chi connectivity index (χ3v) is 2.79. The lowest BCUT2D eigenvalue weighted by Crippen LogP contribution is -2.36. The molecule has 2 heterocycles. The molecular weight excluding hydrogens is 247 g/mol. The Bertz CT molecular complexity index is 508. The monoisotopic (exact) mass is 260 g/mol. The van der Waals surface area contributed by atoms with Crippen LogP contribution in [0.25, 0.3) is 0 Å². The molecule has 1 aliphatic heterocycles. The summed E-state index contributed by atoms with van der Waals surface area (Å²) in [4.78, 5) is 15.0. The van der Waals surface area contributed by atoms with Crippen molar-refractivity contribution in [3.8, 4) is 0 Å². The lowest BCUT2D eigenvalue weighted by molar-refractivity contribution is -0.0355. The first-order valence-electron chi connectivity index (χ1n) is 5.22. The summed E-state index contributed by atoms with van der Waals surface area (Å²) in [6, 6.07) is 0. The molecule has 8 nitrogen and oxygen atoms in total. The van der Waals surface area contributed by atoms with Gasteiger partial charge in [-0.2, -0.15) is 4.98 Å². The van der Waals surface area contributed by atoms with E-state index in [1.54, 1.807) is 0 Å². The van der Waals surface area contributed by atoms with Crippen LogP contribution >= 0.6 is 0 Å². The van der Waals surface area contributed by atoms with Crippen LogP contribution in [-0.4, -0.2) is 38.1 Å².